The third-order valence-electron chi connectivity index (χ3n) is 4.92. The number of benzene rings is 1. The van der Waals surface area contributed by atoms with Gasteiger partial charge in [0.15, 0.2) is 0 Å². The summed E-state index contributed by atoms with van der Waals surface area (Å²) < 4.78 is 5.48. The van der Waals surface area contributed by atoms with Crippen LogP contribution in [0.15, 0.2) is 28.8 Å². The van der Waals surface area contributed by atoms with Gasteiger partial charge < -0.3 is 9.84 Å². The number of likely N-dealkylation sites (tertiary alicyclic amines) is 1. The molecular formula is C18H20ClN5O3. The molecule has 8 nitrogen and oxygen atoms in total. The lowest BCUT2D eigenvalue weighted by atomic mass is 9.98. The largest absolute Gasteiger partial charge is 0.339 e. The minimum atomic E-state index is -0.307. The number of nitrogens with zero attached hydrogens (tertiary/aromatic N) is 4. The fourth-order valence-corrected chi connectivity index (χ4v) is 3.63. The number of carbonyl (C=O) groups excluding carboxylic acids is 2. The van der Waals surface area contributed by atoms with Gasteiger partial charge in [0, 0.05) is 30.2 Å². The molecule has 27 heavy (non-hydrogen) atoms. The Labute approximate surface area is 161 Å². The molecule has 1 N–H and O–H groups in total. The summed E-state index contributed by atoms with van der Waals surface area (Å²) in [7, 11) is 0. The number of amides is 3. The predicted molar refractivity (Wildman–Crippen MR) is 98.3 cm³/mol. The van der Waals surface area contributed by atoms with Crippen LogP contribution in [-0.4, -0.2) is 64.6 Å². The third kappa shape index (κ3) is 3.96. The van der Waals surface area contributed by atoms with E-state index in [1.54, 1.807) is 12.1 Å². The first kappa shape index (κ1) is 17.9. The normalized spacial score (nSPS) is 20.7. The number of rotatable bonds is 4. The van der Waals surface area contributed by atoms with Crippen LogP contribution in [0.25, 0.3) is 11.4 Å². The number of nitrogens with one attached hydrogen (secondary N) is 1. The van der Waals surface area contributed by atoms with Crippen molar-refractivity contribution in [1.82, 2.24) is 25.3 Å². The smallest absolute Gasteiger partial charge is 0.324 e. The van der Waals surface area contributed by atoms with Crippen LogP contribution in [0.1, 0.15) is 24.7 Å². The van der Waals surface area contributed by atoms with E-state index in [4.69, 9.17) is 16.1 Å². The van der Waals surface area contributed by atoms with E-state index in [9.17, 15) is 9.59 Å². The summed E-state index contributed by atoms with van der Waals surface area (Å²) in [4.78, 5) is 31.8. The number of urea groups is 1. The first-order chi connectivity index (χ1) is 13.1. The first-order valence-corrected chi connectivity index (χ1v) is 9.38. The van der Waals surface area contributed by atoms with Crippen molar-refractivity contribution in [3.8, 4) is 11.4 Å². The zero-order chi connectivity index (χ0) is 18.8. The monoisotopic (exact) mass is 389 g/mol. The molecule has 2 aromatic rings. The Morgan fingerprint density at radius 1 is 1.30 bits per heavy atom. The molecule has 2 aliphatic rings. The quantitative estimate of drug-likeness (QED) is 0.861. The van der Waals surface area contributed by atoms with Crippen LogP contribution in [0.5, 0.6) is 0 Å². The van der Waals surface area contributed by atoms with Gasteiger partial charge >= 0.3 is 6.03 Å². The lowest BCUT2D eigenvalue weighted by Gasteiger charge is -2.31. The summed E-state index contributed by atoms with van der Waals surface area (Å²) >= 11 is 5.91. The van der Waals surface area contributed by atoms with E-state index in [1.807, 2.05) is 17.0 Å². The van der Waals surface area contributed by atoms with Gasteiger partial charge in [0.25, 0.3) is 0 Å². The number of carbonyl (C=O) groups is 2. The summed E-state index contributed by atoms with van der Waals surface area (Å²) in [6.45, 7) is 2.65. The van der Waals surface area contributed by atoms with E-state index in [0.717, 1.165) is 24.9 Å². The average molecular weight is 390 g/mol. The summed E-state index contributed by atoms with van der Waals surface area (Å²) in [5.74, 6) is 1.02. The Morgan fingerprint density at radius 2 is 2.11 bits per heavy atom. The van der Waals surface area contributed by atoms with Crippen LogP contribution in [0.2, 0.25) is 5.02 Å². The van der Waals surface area contributed by atoms with E-state index in [-0.39, 0.29) is 24.4 Å². The number of imide groups is 1. The van der Waals surface area contributed by atoms with Gasteiger partial charge in [0.2, 0.25) is 17.6 Å². The Kier molecular flexibility index (Phi) is 5.09. The van der Waals surface area contributed by atoms with Crippen LogP contribution < -0.4 is 5.32 Å². The second kappa shape index (κ2) is 7.66. The molecule has 0 saturated carbocycles. The molecule has 9 heteroatoms. The second-order valence-corrected chi connectivity index (χ2v) is 7.25. The highest BCUT2D eigenvalue weighted by Crippen LogP contribution is 2.28. The molecule has 1 aromatic heterocycles. The average Bonchev–Trinajstić information content (AvgIpc) is 3.32. The van der Waals surface area contributed by atoms with Crippen LogP contribution >= 0.6 is 11.6 Å². The maximum Gasteiger partial charge on any atom is 0.324 e. The molecule has 142 valence electrons. The van der Waals surface area contributed by atoms with Crippen LogP contribution in [0.3, 0.4) is 0 Å². The minimum absolute atomic E-state index is 0.0764. The number of halogens is 1. The number of hydrogen-bond donors (Lipinski definition) is 1. The van der Waals surface area contributed by atoms with Gasteiger partial charge in [-0.1, -0.05) is 16.8 Å². The molecule has 0 radical (unpaired) electrons. The first-order valence-electron chi connectivity index (χ1n) is 9.00. The Hall–Kier alpha value is -2.45. The molecule has 0 aliphatic carbocycles. The van der Waals surface area contributed by atoms with Crippen molar-refractivity contribution < 1.29 is 14.1 Å². The van der Waals surface area contributed by atoms with E-state index < -0.39 is 0 Å². The van der Waals surface area contributed by atoms with Gasteiger partial charge in [-0.05, 0) is 43.7 Å². The predicted octanol–water partition coefficient (Wildman–Crippen LogP) is 2.12. The maximum absolute atomic E-state index is 12.3. The fraction of sp³-hybridized carbons (Fsp3) is 0.444. The number of piperidine rings is 1. The molecule has 0 spiro atoms. The van der Waals surface area contributed by atoms with Crippen LogP contribution in [0, 0.1) is 0 Å². The topological polar surface area (TPSA) is 91.6 Å². The van der Waals surface area contributed by atoms with Crippen molar-refractivity contribution in [3.05, 3.63) is 35.2 Å². The number of hydrogen-bond acceptors (Lipinski definition) is 6. The van der Waals surface area contributed by atoms with Crippen molar-refractivity contribution in [1.29, 1.82) is 0 Å². The van der Waals surface area contributed by atoms with Crippen LogP contribution in [-0.2, 0) is 4.79 Å². The Bertz CT molecular complexity index is 838. The molecule has 1 unspecified atom stereocenters. The minimum Gasteiger partial charge on any atom is -0.339 e. The molecule has 2 fully saturated rings. The second-order valence-electron chi connectivity index (χ2n) is 6.81. The van der Waals surface area contributed by atoms with Crippen molar-refractivity contribution in [2.45, 2.75) is 18.8 Å². The third-order valence-corrected chi connectivity index (χ3v) is 5.17. The molecule has 1 aromatic carbocycles. The summed E-state index contributed by atoms with van der Waals surface area (Å²) in [6, 6.07) is 6.97. The lowest BCUT2D eigenvalue weighted by Crippen LogP contribution is -2.44. The van der Waals surface area contributed by atoms with E-state index in [0.29, 0.717) is 36.4 Å². The van der Waals surface area contributed by atoms with Crippen LogP contribution in [0.4, 0.5) is 4.79 Å². The molecule has 2 saturated heterocycles. The molecule has 1 atom stereocenters. The van der Waals surface area contributed by atoms with Gasteiger partial charge in [-0.25, -0.2) is 4.79 Å². The van der Waals surface area contributed by atoms with Gasteiger partial charge in [-0.3, -0.25) is 14.6 Å². The molecular weight excluding hydrogens is 370 g/mol. The van der Waals surface area contributed by atoms with E-state index >= 15 is 0 Å². The molecule has 3 amide bonds. The molecule has 0 bridgehead atoms. The van der Waals surface area contributed by atoms with Gasteiger partial charge in [0.05, 0.1) is 12.5 Å². The Balaban J connectivity index is 1.40. The molecule has 3 heterocycles. The summed E-state index contributed by atoms with van der Waals surface area (Å²) in [5, 5.41) is 7.38. The van der Waals surface area contributed by atoms with Gasteiger partial charge in [-0.15, -0.1) is 0 Å². The highest BCUT2D eigenvalue weighted by Gasteiger charge is 2.31. The zero-order valence-electron chi connectivity index (χ0n) is 14.7. The zero-order valence-corrected chi connectivity index (χ0v) is 15.5. The summed E-state index contributed by atoms with van der Waals surface area (Å²) in [6.07, 6.45) is 1.86. The SMILES string of the molecule is O=C(CN1CCCC(c2nc(-c3ccc(Cl)cc3)no2)C1)N1CCNC1=O. The number of aromatic nitrogens is 2. The lowest BCUT2D eigenvalue weighted by molar-refractivity contribution is -0.129. The van der Waals surface area contributed by atoms with Crippen molar-refractivity contribution >= 4 is 23.5 Å². The Morgan fingerprint density at radius 3 is 2.85 bits per heavy atom. The standard InChI is InChI=1S/C18H20ClN5O3/c19-14-5-3-12(4-6-14)16-21-17(27-22-16)13-2-1-8-23(10-13)11-15(25)24-9-7-20-18(24)26/h3-6,13H,1-2,7-11H2,(H,20,26). The summed E-state index contributed by atoms with van der Waals surface area (Å²) in [5.41, 5.74) is 0.845. The van der Waals surface area contributed by atoms with E-state index in [1.165, 1.54) is 4.90 Å². The van der Waals surface area contributed by atoms with Crippen molar-refractivity contribution in [2.75, 3.05) is 32.7 Å². The van der Waals surface area contributed by atoms with Gasteiger partial charge in [0.1, 0.15) is 0 Å². The molecule has 2 aliphatic heterocycles. The van der Waals surface area contributed by atoms with Crippen molar-refractivity contribution in [3.63, 3.8) is 0 Å². The molecule has 4 rings (SSSR count). The highest BCUT2D eigenvalue weighted by atomic mass is 35.5. The van der Waals surface area contributed by atoms with E-state index in [2.05, 4.69) is 15.5 Å². The maximum atomic E-state index is 12.3. The van der Waals surface area contributed by atoms with Gasteiger partial charge in [-0.2, -0.15) is 4.98 Å². The highest BCUT2D eigenvalue weighted by molar-refractivity contribution is 6.30. The fourth-order valence-electron chi connectivity index (χ4n) is 3.50. The van der Waals surface area contributed by atoms with Crippen molar-refractivity contribution in [2.24, 2.45) is 0 Å².